The van der Waals surface area contributed by atoms with Crippen LogP contribution in [0, 0.1) is 6.92 Å². The summed E-state index contributed by atoms with van der Waals surface area (Å²) < 4.78 is 5.18. The molecule has 3 nitrogen and oxygen atoms in total. The summed E-state index contributed by atoms with van der Waals surface area (Å²) in [5, 5.41) is 0. The first-order valence-electron chi connectivity index (χ1n) is 5.33. The van der Waals surface area contributed by atoms with Crippen LogP contribution in [0.5, 0.6) is 5.75 Å². The number of hydrogen-bond acceptors (Lipinski definition) is 3. The number of para-hydroxylation sites is 1. The first kappa shape index (κ1) is 11.3. The molecule has 2 aromatic rings. The predicted molar refractivity (Wildman–Crippen MR) is 65.4 cm³/mol. The molecule has 2 rings (SSSR count). The van der Waals surface area contributed by atoms with Crippen molar-refractivity contribution >= 4 is 5.78 Å². The molecule has 86 valence electrons. The van der Waals surface area contributed by atoms with Gasteiger partial charge in [-0.15, -0.1) is 0 Å². The molecule has 17 heavy (non-hydrogen) atoms. The van der Waals surface area contributed by atoms with Crippen LogP contribution >= 0.6 is 0 Å². The number of aryl methyl sites for hydroxylation is 1. The Morgan fingerprint density at radius 1 is 1.18 bits per heavy atom. The van der Waals surface area contributed by atoms with Gasteiger partial charge >= 0.3 is 0 Å². The average Bonchev–Trinajstić information content (AvgIpc) is 2.38. The molecular formula is C14H13NO2. The number of pyridine rings is 1. The lowest BCUT2D eigenvalue weighted by atomic mass is 10.0. The van der Waals surface area contributed by atoms with Crippen LogP contribution in [0.3, 0.4) is 0 Å². The fourth-order valence-electron chi connectivity index (χ4n) is 1.68. The summed E-state index contributed by atoms with van der Waals surface area (Å²) in [6, 6.07) is 10.8. The number of carbonyl (C=O) groups excluding carboxylic acids is 1. The van der Waals surface area contributed by atoms with Crippen LogP contribution in [0.25, 0.3) is 0 Å². The molecule has 0 saturated heterocycles. The minimum atomic E-state index is -0.111. The van der Waals surface area contributed by atoms with E-state index in [1.165, 1.54) is 0 Å². The lowest BCUT2D eigenvalue weighted by Gasteiger charge is -2.07. The Bertz CT molecular complexity index is 549. The van der Waals surface area contributed by atoms with Crippen molar-refractivity contribution < 1.29 is 9.53 Å². The van der Waals surface area contributed by atoms with E-state index in [0.29, 0.717) is 17.0 Å². The maximum atomic E-state index is 12.3. The zero-order valence-corrected chi connectivity index (χ0v) is 9.81. The van der Waals surface area contributed by atoms with Gasteiger partial charge in [-0.1, -0.05) is 18.2 Å². The summed E-state index contributed by atoms with van der Waals surface area (Å²) in [5.74, 6) is 0.461. The van der Waals surface area contributed by atoms with E-state index in [0.717, 1.165) is 5.56 Å². The predicted octanol–water partition coefficient (Wildman–Crippen LogP) is 2.63. The van der Waals surface area contributed by atoms with Crippen LogP contribution in [0.4, 0.5) is 0 Å². The first-order valence-corrected chi connectivity index (χ1v) is 5.33. The molecule has 0 N–H and O–H groups in total. The van der Waals surface area contributed by atoms with E-state index in [4.69, 9.17) is 4.74 Å². The molecule has 0 bridgehead atoms. The second-order valence-electron chi connectivity index (χ2n) is 3.70. The zero-order chi connectivity index (χ0) is 12.3. The Balaban J connectivity index is 2.48. The number of nitrogens with zero attached hydrogens (tertiary/aromatic N) is 1. The molecule has 0 fully saturated rings. The highest BCUT2D eigenvalue weighted by Crippen LogP contribution is 2.21. The van der Waals surface area contributed by atoms with Crippen molar-refractivity contribution in [3.05, 3.63) is 59.4 Å². The molecule has 1 heterocycles. The summed E-state index contributed by atoms with van der Waals surface area (Å²) in [4.78, 5) is 16.4. The number of ether oxygens (including phenoxy) is 1. The van der Waals surface area contributed by atoms with Gasteiger partial charge in [0.1, 0.15) is 11.4 Å². The molecular weight excluding hydrogens is 214 g/mol. The molecule has 0 aliphatic rings. The fraction of sp³-hybridized carbons (Fsp3) is 0.143. The zero-order valence-electron chi connectivity index (χ0n) is 9.81. The third-order valence-electron chi connectivity index (χ3n) is 2.58. The van der Waals surface area contributed by atoms with Gasteiger partial charge in [-0.2, -0.15) is 0 Å². The van der Waals surface area contributed by atoms with Crippen molar-refractivity contribution in [2.75, 3.05) is 7.11 Å². The summed E-state index contributed by atoms with van der Waals surface area (Å²) in [6.07, 6.45) is 1.62. The van der Waals surface area contributed by atoms with Crippen LogP contribution in [0.15, 0.2) is 42.6 Å². The van der Waals surface area contributed by atoms with Gasteiger partial charge in [0.05, 0.1) is 12.7 Å². The van der Waals surface area contributed by atoms with Gasteiger partial charge in [0.25, 0.3) is 0 Å². The minimum absolute atomic E-state index is 0.111. The summed E-state index contributed by atoms with van der Waals surface area (Å²) in [7, 11) is 1.55. The molecule has 0 atom stereocenters. The normalized spacial score (nSPS) is 10.0. The minimum Gasteiger partial charge on any atom is -0.496 e. The van der Waals surface area contributed by atoms with Gasteiger partial charge in [-0.05, 0) is 30.7 Å². The van der Waals surface area contributed by atoms with Gasteiger partial charge in [-0.3, -0.25) is 9.78 Å². The molecule has 0 saturated carbocycles. The van der Waals surface area contributed by atoms with Crippen molar-refractivity contribution in [2.24, 2.45) is 0 Å². The standard InChI is InChI=1S/C14H13NO2/c1-10-6-5-9-15-13(10)14(16)11-7-3-4-8-12(11)17-2/h3-9H,1-2H3. The molecule has 0 unspecified atom stereocenters. The Kier molecular flexibility index (Phi) is 3.19. The monoisotopic (exact) mass is 227 g/mol. The fourth-order valence-corrected chi connectivity index (χ4v) is 1.68. The number of benzene rings is 1. The number of hydrogen-bond donors (Lipinski definition) is 0. The van der Waals surface area contributed by atoms with E-state index < -0.39 is 0 Å². The molecule has 3 heteroatoms. The Hall–Kier alpha value is -2.16. The van der Waals surface area contributed by atoms with Gasteiger partial charge in [0.2, 0.25) is 5.78 Å². The summed E-state index contributed by atoms with van der Waals surface area (Å²) in [6.45, 7) is 1.87. The van der Waals surface area contributed by atoms with Crippen molar-refractivity contribution in [1.29, 1.82) is 0 Å². The first-order chi connectivity index (χ1) is 8.24. The highest BCUT2D eigenvalue weighted by Gasteiger charge is 2.16. The molecule has 1 aromatic carbocycles. The Labute approximate surface area is 100 Å². The van der Waals surface area contributed by atoms with Crippen LogP contribution in [-0.4, -0.2) is 17.9 Å². The lowest BCUT2D eigenvalue weighted by molar-refractivity contribution is 0.103. The lowest BCUT2D eigenvalue weighted by Crippen LogP contribution is -2.07. The molecule has 0 aliphatic heterocycles. The SMILES string of the molecule is COc1ccccc1C(=O)c1ncccc1C. The number of rotatable bonds is 3. The van der Waals surface area contributed by atoms with Crippen LogP contribution in [0.1, 0.15) is 21.6 Å². The number of methoxy groups -OCH3 is 1. The molecule has 0 spiro atoms. The third kappa shape index (κ3) is 2.18. The van der Waals surface area contributed by atoms with Crippen molar-refractivity contribution in [3.63, 3.8) is 0 Å². The quantitative estimate of drug-likeness (QED) is 0.757. The smallest absolute Gasteiger partial charge is 0.215 e. The van der Waals surface area contributed by atoms with Crippen LogP contribution in [-0.2, 0) is 0 Å². The van der Waals surface area contributed by atoms with E-state index in [9.17, 15) is 4.79 Å². The third-order valence-corrected chi connectivity index (χ3v) is 2.58. The maximum Gasteiger partial charge on any atom is 0.215 e. The number of aromatic nitrogens is 1. The van der Waals surface area contributed by atoms with Gasteiger partial charge in [0, 0.05) is 6.20 Å². The van der Waals surface area contributed by atoms with Crippen molar-refractivity contribution in [3.8, 4) is 5.75 Å². The van der Waals surface area contributed by atoms with E-state index >= 15 is 0 Å². The van der Waals surface area contributed by atoms with E-state index in [2.05, 4.69) is 4.98 Å². The van der Waals surface area contributed by atoms with Crippen molar-refractivity contribution in [1.82, 2.24) is 4.98 Å². The number of ketones is 1. The second kappa shape index (κ2) is 4.78. The molecule has 0 aliphatic carbocycles. The molecule has 0 radical (unpaired) electrons. The van der Waals surface area contributed by atoms with Crippen LogP contribution in [0.2, 0.25) is 0 Å². The summed E-state index contributed by atoms with van der Waals surface area (Å²) in [5.41, 5.74) is 1.87. The molecule has 1 aromatic heterocycles. The largest absolute Gasteiger partial charge is 0.496 e. The van der Waals surface area contributed by atoms with Crippen molar-refractivity contribution in [2.45, 2.75) is 6.92 Å². The Morgan fingerprint density at radius 3 is 2.65 bits per heavy atom. The molecule has 0 amide bonds. The van der Waals surface area contributed by atoms with E-state index in [1.807, 2.05) is 31.2 Å². The van der Waals surface area contributed by atoms with Gasteiger partial charge in [-0.25, -0.2) is 0 Å². The highest BCUT2D eigenvalue weighted by atomic mass is 16.5. The van der Waals surface area contributed by atoms with Crippen LogP contribution < -0.4 is 4.74 Å². The maximum absolute atomic E-state index is 12.3. The van der Waals surface area contributed by atoms with E-state index in [1.54, 1.807) is 25.4 Å². The highest BCUT2D eigenvalue weighted by molar-refractivity contribution is 6.10. The number of carbonyl (C=O) groups is 1. The summed E-state index contributed by atoms with van der Waals surface area (Å²) >= 11 is 0. The Morgan fingerprint density at radius 2 is 1.94 bits per heavy atom. The topological polar surface area (TPSA) is 39.2 Å². The van der Waals surface area contributed by atoms with Gasteiger partial charge in [0.15, 0.2) is 0 Å². The van der Waals surface area contributed by atoms with Gasteiger partial charge < -0.3 is 4.74 Å². The van der Waals surface area contributed by atoms with E-state index in [-0.39, 0.29) is 5.78 Å². The average molecular weight is 227 g/mol. The second-order valence-corrected chi connectivity index (χ2v) is 3.70.